The smallest absolute Gasteiger partial charge is 0.320 e. The summed E-state index contributed by atoms with van der Waals surface area (Å²) >= 11 is 0. The zero-order valence-corrected chi connectivity index (χ0v) is 6.92. The van der Waals surface area contributed by atoms with Crippen molar-refractivity contribution in [2.24, 2.45) is 10.8 Å². The quantitative estimate of drug-likeness (QED) is 0.344. The van der Waals surface area contributed by atoms with Crippen LogP contribution in [0.2, 0.25) is 0 Å². The summed E-state index contributed by atoms with van der Waals surface area (Å²) < 4.78 is 4.84. The largest absolute Gasteiger partial charge is 0.464 e. The molecule has 2 atom stereocenters. The lowest BCUT2D eigenvalue weighted by Crippen LogP contribution is -2.24. The van der Waals surface area contributed by atoms with Crippen LogP contribution >= 0.6 is 0 Å². The number of Topliss-reactive ketones (excluding diaryl/α,β-unsaturated/α-hetero) is 1. The van der Waals surface area contributed by atoms with Crippen molar-refractivity contribution in [3.05, 3.63) is 12.7 Å². The molecule has 3 heteroatoms. The monoisotopic (exact) mass is 166 g/mol. The number of hydrogen-bond acceptors (Lipinski definition) is 3. The Bertz CT molecular complexity index is 294. The van der Waals surface area contributed by atoms with E-state index in [0.29, 0.717) is 13.0 Å². The SMILES string of the molecule is C=CC12COC(=O)C1(C(C)=O)C2. The van der Waals surface area contributed by atoms with Gasteiger partial charge in [-0.3, -0.25) is 9.59 Å². The summed E-state index contributed by atoms with van der Waals surface area (Å²) in [7, 11) is 0. The molecule has 0 bridgehead atoms. The fraction of sp³-hybridized carbons (Fsp3) is 0.556. The van der Waals surface area contributed by atoms with Crippen molar-refractivity contribution in [2.45, 2.75) is 13.3 Å². The van der Waals surface area contributed by atoms with E-state index in [9.17, 15) is 9.59 Å². The van der Waals surface area contributed by atoms with E-state index >= 15 is 0 Å². The molecule has 1 aliphatic heterocycles. The Morgan fingerprint density at radius 1 is 1.75 bits per heavy atom. The predicted octanol–water partition coefficient (Wildman–Crippen LogP) is 0.695. The van der Waals surface area contributed by atoms with Crippen LogP contribution in [-0.2, 0) is 14.3 Å². The summed E-state index contributed by atoms with van der Waals surface area (Å²) in [5.41, 5.74) is -1.22. The molecule has 0 amide bonds. The Balaban J connectivity index is 2.44. The van der Waals surface area contributed by atoms with Crippen molar-refractivity contribution in [3.8, 4) is 0 Å². The number of cyclic esters (lactones) is 1. The number of fused-ring (bicyclic) bond motifs is 1. The van der Waals surface area contributed by atoms with Gasteiger partial charge in [0.15, 0.2) is 0 Å². The maximum Gasteiger partial charge on any atom is 0.320 e. The van der Waals surface area contributed by atoms with Gasteiger partial charge in [0.05, 0.1) is 0 Å². The second-order valence-corrected chi connectivity index (χ2v) is 3.57. The highest BCUT2D eigenvalue weighted by atomic mass is 16.5. The minimum absolute atomic E-state index is 0.0927. The topological polar surface area (TPSA) is 43.4 Å². The normalized spacial score (nSPS) is 43.2. The summed E-state index contributed by atoms with van der Waals surface area (Å²) in [4.78, 5) is 22.5. The van der Waals surface area contributed by atoms with E-state index in [4.69, 9.17) is 4.74 Å². The molecule has 2 aliphatic rings. The summed E-state index contributed by atoms with van der Waals surface area (Å²) in [6.45, 7) is 5.40. The predicted molar refractivity (Wildman–Crippen MR) is 41.3 cm³/mol. The molecule has 2 rings (SSSR count). The summed E-state index contributed by atoms with van der Waals surface area (Å²) in [6.07, 6.45) is 2.27. The van der Waals surface area contributed by atoms with Gasteiger partial charge >= 0.3 is 5.97 Å². The lowest BCUT2D eigenvalue weighted by atomic mass is 9.92. The Hall–Kier alpha value is -1.12. The molecule has 0 spiro atoms. The molecule has 1 saturated carbocycles. The van der Waals surface area contributed by atoms with Crippen molar-refractivity contribution in [1.29, 1.82) is 0 Å². The molecule has 0 aromatic rings. The molecule has 2 fully saturated rings. The van der Waals surface area contributed by atoms with Crippen molar-refractivity contribution in [3.63, 3.8) is 0 Å². The van der Waals surface area contributed by atoms with Crippen LogP contribution < -0.4 is 0 Å². The van der Waals surface area contributed by atoms with Gasteiger partial charge < -0.3 is 4.74 Å². The minimum atomic E-state index is -0.852. The molecule has 1 aliphatic carbocycles. The standard InChI is InChI=1S/C9H10O3/c1-3-8-4-9(8,6(2)10)7(11)12-5-8/h3H,1,4-5H2,2H3. The molecule has 0 aromatic carbocycles. The lowest BCUT2D eigenvalue weighted by molar-refractivity contribution is -0.148. The van der Waals surface area contributed by atoms with Gasteiger partial charge in [0.2, 0.25) is 0 Å². The Labute approximate surface area is 70.4 Å². The molecule has 3 nitrogen and oxygen atoms in total. The Morgan fingerprint density at radius 2 is 2.42 bits per heavy atom. The van der Waals surface area contributed by atoms with Gasteiger partial charge in [-0.05, 0) is 13.3 Å². The summed E-state index contributed by atoms with van der Waals surface area (Å²) in [5.74, 6) is -0.459. The molecule has 12 heavy (non-hydrogen) atoms. The van der Waals surface area contributed by atoms with E-state index < -0.39 is 5.41 Å². The fourth-order valence-electron chi connectivity index (χ4n) is 2.12. The van der Waals surface area contributed by atoms with Crippen LogP contribution in [0.3, 0.4) is 0 Å². The fourth-order valence-corrected chi connectivity index (χ4v) is 2.12. The van der Waals surface area contributed by atoms with Crippen LogP contribution in [0.4, 0.5) is 0 Å². The van der Waals surface area contributed by atoms with Crippen molar-refractivity contribution < 1.29 is 14.3 Å². The van der Waals surface area contributed by atoms with Crippen LogP contribution in [0.25, 0.3) is 0 Å². The highest BCUT2D eigenvalue weighted by molar-refractivity contribution is 6.09. The average molecular weight is 166 g/mol. The molecule has 1 heterocycles. The third kappa shape index (κ3) is 0.510. The van der Waals surface area contributed by atoms with Crippen LogP contribution in [0.5, 0.6) is 0 Å². The van der Waals surface area contributed by atoms with E-state index in [1.54, 1.807) is 6.08 Å². The lowest BCUT2D eigenvalue weighted by Gasteiger charge is -2.03. The van der Waals surface area contributed by atoms with E-state index in [-0.39, 0.29) is 17.2 Å². The first kappa shape index (κ1) is 7.53. The van der Waals surface area contributed by atoms with Gasteiger partial charge in [0.1, 0.15) is 17.8 Å². The van der Waals surface area contributed by atoms with Gasteiger partial charge in [0.25, 0.3) is 0 Å². The third-order valence-corrected chi connectivity index (χ3v) is 3.11. The van der Waals surface area contributed by atoms with Crippen LogP contribution in [-0.4, -0.2) is 18.4 Å². The van der Waals surface area contributed by atoms with E-state index in [1.165, 1.54) is 6.92 Å². The zero-order valence-electron chi connectivity index (χ0n) is 6.92. The molecular formula is C9H10O3. The first-order valence-corrected chi connectivity index (χ1v) is 3.91. The molecule has 2 unspecified atom stereocenters. The van der Waals surface area contributed by atoms with Gasteiger partial charge in [-0.2, -0.15) is 0 Å². The molecular weight excluding hydrogens is 156 g/mol. The second kappa shape index (κ2) is 1.79. The average Bonchev–Trinajstić information content (AvgIpc) is 2.65. The van der Waals surface area contributed by atoms with Crippen molar-refractivity contribution in [1.82, 2.24) is 0 Å². The van der Waals surface area contributed by atoms with Gasteiger partial charge in [-0.25, -0.2) is 0 Å². The van der Waals surface area contributed by atoms with Crippen LogP contribution in [0, 0.1) is 10.8 Å². The molecule has 1 saturated heterocycles. The Kier molecular flexibility index (Phi) is 1.12. The summed E-state index contributed by atoms with van der Waals surface area (Å²) in [5, 5.41) is 0. The number of carbonyl (C=O) groups excluding carboxylic acids is 2. The van der Waals surface area contributed by atoms with E-state index in [0.717, 1.165) is 0 Å². The number of ether oxygens (including phenoxy) is 1. The molecule has 0 aromatic heterocycles. The van der Waals surface area contributed by atoms with E-state index in [2.05, 4.69) is 6.58 Å². The van der Waals surface area contributed by atoms with Gasteiger partial charge in [0, 0.05) is 5.41 Å². The minimum Gasteiger partial charge on any atom is -0.464 e. The zero-order chi connectivity index (χ0) is 8.98. The molecule has 0 N–H and O–H groups in total. The number of esters is 1. The second-order valence-electron chi connectivity index (χ2n) is 3.57. The van der Waals surface area contributed by atoms with E-state index in [1.807, 2.05) is 0 Å². The number of rotatable bonds is 2. The van der Waals surface area contributed by atoms with Crippen molar-refractivity contribution in [2.75, 3.05) is 6.61 Å². The highest BCUT2D eigenvalue weighted by Gasteiger charge is 2.78. The number of hydrogen-bond donors (Lipinski definition) is 0. The Morgan fingerprint density at radius 3 is 2.75 bits per heavy atom. The highest BCUT2D eigenvalue weighted by Crippen LogP contribution is 2.69. The van der Waals surface area contributed by atoms with Crippen LogP contribution in [0.15, 0.2) is 12.7 Å². The molecule has 0 radical (unpaired) electrons. The first-order chi connectivity index (χ1) is 5.59. The maximum atomic E-state index is 11.3. The molecule has 64 valence electrons. The van der Waals surface area contributed by atoms with Crippen molar-refractivity contribution >= 4 is 11.8 Å². The van der Waals surface area contributed by atoms with Crippen LogP contribution in [0.1, 0.15) is 13.3 Å². The van der Waals surface area contributed by atoms with Gasteiger partial charge in [-0.1, -0.05) is 6.08 Å². The first-order valence-electron chi connectivity index (χ1n) is 3.91. The summed E-state index contributed by atoms with van der Waals surface area (Å²) in [6, 6.07) is 0. The van der Waals surface area contributed by atoms with Gasteiger partial charge in [-0.15, -0.1) is 6.58 Å². The maximum absolute atomic E-state index is 11.3. The number of carbonyl (C=O) groups is 2. The third-order valence-electron chi connectivity index (χ3n) is 3.11. The number of ketones is 1.